The second-order valence-electron chi connectivity index (χ2n) is 5.58. The van der Waals surface area contributed by atoms with Crippen molar-refractivity contribution < 1.29 is 13.9 Å². The van der Waals surface area contributed by atoms with Crippen molar-refractivity contribution in [3.05, 3.63) is 75.1 Å². The summed E-state index contributed by atoms with van der Waals surface area (Å²) in [7, 11) is 0. The molecule has 0 saturated heterocycles. The van der Waals surface area contributed by atoms with Crippen LogP contribution in [0.3, 0.4) is 0 Å². The van der Waals surface area contributed by atoms with Crippen LogP contribution in [0.15, 0.2) is 68.3 Å². The molecule has 5 nitrogen and oxygen atoms in total. The summed E-state index contributed by atoms with van der Waals surface area (Å²) in [5, 5.41) is 3.67. The molecule has 2 aromatic carbocycles. The highest BCUT2D eigenvalue weighted by Gasteiger charge is 2.10. The molecule has 3 aromatic rings. The summed E-state index contributed by atoms with van der Waals surface area (Å²) in [5.74, 6) is 0.235. The molecule has 6 heteroatoms. The van der Waals surface area contributed by atoms with E-state index in [4.69, 9.17) is 9.15 Å². The van der Waals surface area contributed by atoms with E-state index in [0.717, 1.165) is 15.4 Å². The van der Waals surface area contributed by atoms with Crippen LogP contribution in [0.5, 0.6) is 5.75 Å². The van der Waals surface area contributed by atoms with E-state index in [1.54, 1.807) is 24.3 Å². The molecule has 0 saturated carbocycles. The van der Waals surface area contributed by atoms with Gasteiger partial charge in [0.15, 0.2) is 6.61 Å². The van der Waals surface area contributed by atoms with Gasteiger partial charge in [-0.3, -0.25) is 4.79 Å². The molecule has 0 radical (unpaired) electrons. The number of carbonyl (C=O) groups is 1. The van der Waals surface area contributed by atoms with Gasteiger partial charge in [-0.2, -0.15) is 0 Å². The minimum atomic E-state index is -0.425. The summed E-state index contributed by atoms with van der Waals surface area (Å²) in [4.78, 5) is 23.3. The summed E-state index contributed by atoms with van der Waals surface area (Å²) in [6, 6.07) is 15.8. The highest BCUT2D eigenvalue weighted by molar-refractivity contribution is 9.10. The van der Waals surface area contributed by atoms with Gasteiger partial charge in [0.2, 0.25) is 0 Å². The zero-order valence-corrected chi connectivity index (χ0v) is 15.1. The Labute approximate surface area is 152 Å². The average molecular weight is 402 g/mol. The first-order chi connectivity index (χ1) is 12.0. The van der Waals surface area contributed by atoms with Gasteiger partial charge >= 0.3 is 5.63 Å². The van der Waals surface area contributed by atoms with Crippen LogP contribution in [0.4, 0.5) is 0 Å². The quantitative estimate of drug-likeness (QED) is 0.659. The molecule has 128 valence electrons. The van der Waals surface area contributed by atoms with Crippen molar-refractivity contribution in [2.45, 2.75) is 13.0 Å². The smallest absolute Gasteiger partial charge is 0.336 e. The fraction of sp³-hybridized carbons (Fsp3) is 0.158. The summed E-state index contributed by atoms with van der Waals surface area (Å²) in [6.45, 7) is 1.79. The Balaban J connectivity index is 1.60. The number of hydrogen-bond donors (Lipinski definition) is 1. The lowest BCUT2D eigenvalue weighted by atomic mass is 10.1. The molecule has 0 aliphatic rings. The normalized spacial score (nSPS) is 11.9. The van der Waals surface area contributed by atoms with Gasteiger partial charge < -0.3 is 14.5 Å². The molecule has 25 heavy (non-hydrogen) atoms. The molecule has 3 rings (SSSR count). The number of halogens is 1. The van der Waals surface area contributed by atoms with Crippen molar-refractivity contribution in [1.29, 1.82) is 0 Å². The van der Waals surface area contributed by atoms with Gasteiger partial charge in [-0.05, 0) is 42.8 Å². The average Bonchev–Trinajstić information content (AvgIpc) is 2.60. The van der Waals surface area contributed by atoms with Gasteiger partial charge in [0.1, 0.15) is 11.3 Å². The van der Waals surface area contributed by atoms with Crippen LogP contribution >= 0.6 is 15.9 Å². The van der Waals surface area contributed by atoms with Crippen molar-refractivity contribution in [2.24, 2.45) is 0 Å². The van der Waals surface area contributed by atoms with Gasteiger partial charge in [0, 0.05) is 22.0 Å². The monoisotopic (exact) mass is 401 g/mol. The van der Waals surface area contributed by atoms with Crippen molar-refractivity contribution in [1.82, 2.24) is 5.32 Å². The lowest BCUT2D eigenvalue weighted by Gasteiger charge is -2.15. The highest BCUT2D eigenvalue weighted by atomic mass is 79.9. The molecule has 1 N–H and O–H groups in total. The highest BCUT2D eigenvalue weighted by Crippen LogP contribution is 2.20. The maximum atomic E-state index is 12.1. The zero-order chi connectivity index (χ0) is 17.8. The van der Waals surface area contributed by atoms with E-state index in [9.17, 15) is 9.59 Å². The maximum Gasteiger partial charge on any atom is 0.336 e. The molecule has 1 heterocycles. The van der Waals surface area contributed by atoms with Gasteiger partial charge in [0.05, 0.1) is 6.04 Å². The standard InChI is InChI=1S/C19H16BrNO4/c1-12(13-2-6-15(20)7-3-13)21-18(22)11-24-16-8-4-14-5-9-19(23)25-17(14)10-16/h2-10,12H,11H2,1H3,(H,21,22). The molecule has 1 aromatic heterocycles. The van der Waals surface area contributed by atoms with E-state index in [0.29, 0.717) is 11.3 Å². The van der Waals surface area contributed by atoms with Crippen molar-refractivity contribution >= 4 is 32.8 Å². The Bertz CT molecular complexity index is 950. The second-order valence-corrected chi connectivity index (χ2v) is 6.50. The number of fused-ring (bicyclic) bond motifs is 1. The minimum Gasteiger partial charge on any atom is -0.484 e. The van der Waals surface area contributed by atoms with Crippen LogP contribution in [0.25, 0.3) is 11.0 Å². The fourth-order valence-corrected chi connectivity index (χ4v) is 2.66. The van der Waals surface area contributed by atoms with Gasteiger partial charge in [-0.25, -0.2) is 4.79 Å². The largest absolute Gasteiger partial charge is 0.484 e. The van der Waals surface area contributed by atoms with E-state index in [1.165, 1.54) is 6.07 Å². The Morgan fingerprint density at radius 1 is 1.16 bits per heavy atom. The second kappa shape index (κ2) is 7.53. The summed E-state index contributed by atoms with van der Waals surface area (Å²) < 4.78 is 11.6. The number of nitrogens with one attached hydrogen (secondary N) is 1. The van der Waals surface area contributed by atoms with Crippen LogP contribution in [0.2, 0.25) is 0 Å². The number of ether oxygens (including phenoxy) is 1. The zero-order valence-electron chi connectivity index (χ0n) is 13.5. The molecule has 0 aliphatic heterocycles. The first-order valence-corrected chi connectivity index (χ1v) is 8.52. The topological polar surface area (TPSA) is 68.5 Å². The summed E-state index contributed by atoms with van der Waals surface area (Å²) in [5.41, 5.74) is 1.00. The van der Waals surface area contributed by atoms with Crippen molar-refractivity contribution in [3.63, 3.8) is 0 Å². The third-order valence-corrected chi connectivity index (χ3v) is 4.24. The minimum absolute atomic E-state index is 0.122. The van der Waals surface area contributed by atoms with E-state index in [2.05, 4.69) is 21.2 Å². The van der Waals surface area contributed by atoms with Gasteiger partial charge in [0.25, 0.3) is 5.91 Å². The number of amides is 1. The third-order valence-electron chi connectivity index (χ3n) is 3.71. The predicted octanol–water partition coefficient (Wildman–Crippen LogP) is 3.81. The number of rotatable bonds is 5. The fourth-order valence-electron chi connectivity index (χ4n) is 2.40. The molecular formula is C19H16BrNO4. The molecule has 0 bridgehead atoms. The van der Waals surface area contributed by atoms with E-state index < -0.39 is 5.63 Å². The first-order valence-electron chi connectivity index (χ1n) is 7.73. The molecule has 0 spiro atoms. The maximum absolute atomic E-state index is 12.1. The lowest BCUT2D eigenvalue weighted by Crippen LogP contribution is -2.31. The lowest BCUT2D eigenvalue weighted by molar-refractivity contribution is -0.123. The first kappa shape index (κ1) is 17.2. The number of benzene rings is 2. The van der Waals surface area contributed by atoms with Crippen molar-refractivity contribution in [3.8, 4) is 5.75 Å². The SMILES string of the molecule is CC(NC(=O)COc1ccc2ccc(=O)oc2c1)c1ccc(Br)cc1. The Morgan fingerprint density at radius 2 is 1.88 bits per heavy atom. The Hall–Kier alpha value is -2.60. The molecule has 0 aliphatic carbocycles. The Kier molecular flexibility index (Phi) is 5.19. The number of carbonyl (C=O) groups excluding carboxylic acids is 1. The van der Waals surface area contributed by atoms with Crippen LogP contribution in [-0.2, 0) is 4.79 Å². The number of hydrogen-bond acceptors (Lipinski definition) is 4. The van der Waals surface area contributed by atoms with Crippen LogP contribution in [-0.4, -0.2) is 12.5 Å². The van der Waals surface area contributed by atoms with E-state index >= 15 is 0 Å². The molecular weight excluding hydrogens is 386 g/mol. The molecule has 1 atom stereocenters. The van der Waals surface area contributed by atoms with Crippen LogP contribution < -0.4 is 15.7 Å². The van der Waals surface area contributed by atoms with Crippen LogP contribution in [0, 0.1) is 0 Å². The summed E-state index contributed by atoms with van der Waals surface area (Å²) in [6.07, 6.45) is 0. The molecule has 1 unspecified atom stereocenters. The van der Waals surface area contributed by atoms with Gasteiger partial charge in [-0.1, -0.05) is 28.1 Å². The van der Waals surface area contributed by atoms with Crippen molar-refractivity contribution in [2.75, 3.05) is 6.61 Å². The van der Waals surface area contributed by atoms with Crippen LogP contribution in [0.1, 0.15) is 18.5 Å². The third kappa shape index (κ3) is 4.48. The predicted molar refractivity (Wildman–Crippen MR) is 98.7 cm³/mol. The summed E-state index contributed by atoms with van der Waals surface area (Å²) >= 11 is 3.38. The molecule has 1 amide bonds. The Morgan fingerprint density at radius 3 is 2.64 bits per heavy atom. The van der Waals surface area contributed by atoms with Gasteiger partial charge in [-0.15, -0.1) is 0 Å². The molecule has 0 fully saturated rings. The van der Waals surface area contributed by atoms with E-state index in [1.807, 2.05) is 31.2 Å². The van der Waals surface area contributed by atoms with E-state index in [-0.39, 0.29) is 18.6 Å².